The number of nitrogens with zero attached hydrogens (tertiary/aromatic N) is 3. The van der Waals surface area contributed by atoms with Crippen LogP contribution >= 0.6 is 0 Å². The van der Waals surface area contributed by atoms with Crippen molar-refractivity contribution in [1.29, 1.82) is 0 Å². The third kappa shape index (κ3) is 4.98. The van der Waals surface area contributed by atoms with Crippen LogP contribution in [0.25, 0.3) is 5.69 Å². The molecule has 5 rings (SSSR count). The summed E-state index contributed by atoms with van der Waals surface area (Å²) in [5.74, 6) is 1.84. The van der Waals surface area contributed by atoms with Crippen LogP contribution in [0.5, 0.6) is 11.5 Å². The first kappa shape index (κ1) is 23.3. The van der Waals surface area contributed by atoms with Crippen molar-refractivity contribution in [3.63, 3.8) is 0 Å². The monoisotopic (exact) mass is 481 g/mol. The molecule has 0 saturated carbocycles. The number of aromatic nitrogens is 3. The lowest BCUT2D eigenvalue weighted by Gasteiger charge is -2.14. The van der Waals surface area contributed by atoms with Gasteiger partial charge >= 0.3 is 6.03 Å². The van der Waals surface area contributed by atoms with Crippen molar-refractivity contribution in [1.82, 2.24) is 14.8 Å². The van der Waals surface area contributed by atoms with Gasteiger partial charge < -0.3 is 10.1 Å². The molecule has 0 spiro atoms. The highest BCUT2D eigenvalue weighted by Crippen LogP contribution is 2.32. The highest BCUT2D eigenvalue weighted by atomic mass is 16.5. The molecule has 0 unspecified atom stereocenters. The van der Waals surface area contributed by atoms with Gasteiger partial charge in [-0.1, -0.05) is 45.0 Å². The number of hydrogen-bond donors (Lipinski definition) is 2. The third-order valence-electron chi connectivity index (χ3n) is 5.88. The Morgan fingerprint density at radius 2 is 1.78 bits per heavy atom. The number of pyridine rings is 1. The van der Waals surface area contributed by atoms with Crippen LogP contribution in [-0.2, 0) is 23.1 Å². The number of amides is 2. The number of fused-ring (bicyclic) bond motifs is 1. The Kier molecular flexibility index (Phi) is 6.01. The molecule has 8 heteroatoms. The maximum atomic E-state index is 12.9. The van der Waals surface area contributed by atoms with E-state index in [4.69, 9.17) is 9.84 Å². The lowest BCUT2D eigenvalue weighted by Crippen LogP contribution is -2.21. The second-order valence-electron chi connectivity index (χ2n) is 9.75. The summed E-state index contributed by atoms with van der Waals surface area (Å²) in [7, 11) is 0. The molecule has 4 aromatic rings. The van der Waals surface area contributed by atoms with E-state index in [0.29, 0.717) is 35.8 Å². The Balaban J connectivity index is 1.33. The summed E-state index contributed by atoms with van der Waals surface area (Å²) in [5, 5.41) is 10.5. The minimum Gasteiger partial charge on any atom is -0.457 e. The van der Waals surface area contributed by atoms with Gasteiger partial charge in [0.2, 0.25) is 0 Å². The van der Waals surface area contributed by atoms with Crippen LogP contribution in [0.1, 0.15) is 37.7 Å². The number of Topliss-reactive ketones (excluding diaryl/α,β-unsaturated/α-hetero) is 1. The largest absolute Gasteiger partial charge is 0.457 e. The van der Waals surface area contributed by atoms with Crippen LogP contribution in [-0.4, -0.2) is 26.6 Å². The molecule has 2 amide bonds. The molecule has 8 nitrogen and oxygen atoms in total. The molecule has 0 fully saturated rings. The number of urea groups is 1. The molecule has 0 radical (unpaired) electrons. The fourth-order valence-corrected chi connectivity index (χ4v) is 4.04. The van der Waals surface area contributed by atoms with Gasteiger partial charge in [0.15, 0.2) is 0 Å². The van der Waals surface area contributed by atoms with Gasteiger partial charge in [-0.05, 0) is 30.3 Å². The van der Waals surface area contributed by atoms with Crippen LogP contribution < -0.4 is 15.4 Å². The van der Waals surface area contributed by atoms with E-state index < -0.39 is 6.03 Å². The molecule has 182 valence electrons. The average Bonchev–Trinajstić information content (AvgIpc) is 3.43. The third-order valence-corrected chi connectivity index (χ3v) is 5.88. The van der Waals surface area contributed by atoms with Crippen LogP contribution in [0.2, 0.25) is 0 Å². The van der Waals surface area contributed by atoms with E-state index in [1.807, 2.05) is 36.4 Å². The summed E-state index contributed by atoms with van der Waals surface area (Å²) in [4.78, 5) is 29.1. The van der Waals surface area contributed by atoms with E-state index in [9.17, 15) is 9.59 Å². The van der Waals surface area contributed by atoms with Gasteiger partial charge in [-0.15, -0.1) is 0 Å². The van der Waals surface area contributed by atoms with Crippen LogP contribution in [0.4, 0.5) is 16.3 Å². The number of para-hydroxylation sites is 1. The van der Waals surface area contributed by atoms with Crippen molar-refractivity contribution in [3.8, 4) is 17.2 Å². The van der Waals surface area contributed by atoms with E-state index in [1.54, 1.807) is 41.2 Å². The fraction of sp³-hybridized carbons (Fsp3) is 0.214. The van der Waals surface area contributed by atoms with Crippen LogP contribution in [0.15, 0.2) is 72.9 Å². The smallest absolute Gasteiger partial charge is 0.324 e. The molecule has 0 saturated heterocycles. The molecule has 36 heavy (non-hydrogen) atoms. The summed E-state index contributed by atoms with van der Waals surface area (Å²) in [5.41, 5.74) is 3.67. The number of ketones is 1. The van der Waals surface area contributed by atoms with E-state index in [0.717, 1.165) is 22.6 Å². The molecule has 0 bridgehead atoms. The molecule has 0 aliphatic heterocycles. The Bertz CT molecular complexity index is 1440. The Morgan fingerprint density at radius 1 is 0.972 bits per heavy atom. The van der Waals surface area contributed by atoms with Crippen LogP contribution in [0, 0.1) is 0 Å². The molecular weight excluding hydrogens is 454 g/mol. The minimum atomic E-state index is -0.403. The first-order valence-electron chi connectivity index (χ1n) is 11.8. The number of ether oxygens (including phenoxy) is 1. The van der Waals surface area contributed by atoms with Gasteiger partial charge in [0.1, 0.15) is 23.1 Å². The normalized spacial score (nSPS) is 12.8. The maximum absolute atomic E-state index is 12.9. The van der Waals surface area contributed by atoms with E-state index in [-0.39, 0.29) is 11.2 Å². The zero-order valence-electron chi connectivity index (χ0n) is 20.4. The minimum absolute atomic E-state index is 0.130. The fourth-order valence-electron chi connectivity index (χ4n) is 4.04. The number of carbonyl (C=O) groups is 2. The summed E-state index contributed by atoms with van der Waals surface area (Å²) in [6.45, 7) is 6.23. The Labute approximate surface area is 209 Å². The maximum Gasteiger partial charge on any atom is 0.324 e. The van der Waals surface area contributed by atoms with Gasteiger partial charge in [0, 0.05) is 47.8 Å². The first-order chi connectivity index (χ1) is 17.3. The van der Waals surface area contributed by atoms with Crippen molar-refractivity contribution in [2.45, 2.75) is 39.0 Å². The summed E-state index contributed by atoms with van der Waals surface area (Å²) in [6.07, 6.45) is 2.30. The van der Waals surface area contributed by atoms with Crippen molar-refractivity contribution in [2.75, 3.05) is 10.6 Å². The average molecular weight is 482 g/mol. The molecule has 2 N–H and O–H groups in total. The van der Waals surface area contributed by atoms with E-state index in [1.165, 1.54) is 0 Å². The number of anilines is 2. The standard InChI is InChI=1S/C28H27N5O3/c1-28(2,3)25-17-26(33(32-25)19-9-5-4-6-10-19)31-27(35)30-18-8-7-11-21(14-18)36-24-12-13-29-23-16-20(34)15-22(23)24/h4-14,17H,15-16H2,1-3H3,(H2,30,31,35). The highest BCUT2D eigenvalue weighted by Gasteiger charge is 2.24. The first-order valence-corrected chi connectivity index (χ1v) is 11.8. The predicted molar refractivity (Wildman–Crippen MR) is 138 cm³/mol. The second kappa shape index (κ2) is 9.30. The zero-order chi connectivity index (χ0) is 25.3. The quantitative estimate of drug-likeness (QED) is 0.383. The molecule has 0 atom stereocenters. The van der Waals surface area contributed by atoms with Crippen molar-refractivity contribution in [2.24, 2.45) is 0 Å². The summed E-state index contributed by atoms with van der Waals surface area (Å²) < 4.78 is 7.78. The van der Waals surface area contributed by atoms with Crippen LogP contribution in [0.3, 0.4) is 0 Å². The molecule has 2 heterocycles. The molecular formula is C28H27N5O3. The summed E-state index contributed by atoms with van der Waals surface area (Å²) >= 11 is 0. The van der Waals surface area contributed by atoms with Gasteiger partial charge in [-0.25, -0.2) is 9.48 Å². The molecule has 1 aliphatic rings. The lowest BCUT2D eigenvalue weighted by atomic mass is 9.92. The Morgan fingerprint density at radius 3 is 2.56 bits per heavy atom. The zero-order valence-corrected chi connectivity index (χ0v) is 20.4. The molecule has 1 aliphatic carbocycles. The van der Waals surface area contributed by atoms with Crippen molar-refractivity contribution >= 4 is 23.3 Å². The van der Waals surface area contributed by atoms with Gasteiger partial charge in [-0.3, -0.25) is 15.1 Å². The SMILES string of the molecule is CC(C)(C)c1cc(NC(=O)Nc2cccc(Oc3ccnc4c3CC(=O)C4)c2)n(-c2ccccc2)n1. The van der Waals surface area contributed by atoms with Gasteiger partial charge in [0.05, 0.1) is 17.1 Å². The van der Waals surface area contributed by atoms with E-state index >= 15 is 0 Å². The lowest BCUT2D eigenvalue weighted by molar-refractivity contribution is -0.117. The number of carbonyl (C=O) groups excluding carboxylic acids is 2. The number of hydrogen-bond acceptors (Lipinski definition) is 5. The number of rotatable bonds is 5. The second-order valence-corrected chi connectivity index (χ2v) is 9.75. The Hall–Kier alpha value is -4.46. The summed E-state index contributed by atoms with van der Waals surface area (Å²) in [6, 6.07) is 20.0. The molecule has 2 aromatic carbocycles. The number of benzene rings is 2. The topological polar surface area (TPSA) is 98.1 Å². The van der Waals surface area contributed by atoms with Gasteiger partial charge in [0.25, 0.3) is 0 Å². The highest BCUT2D eigenvalue weighted by molar-refractivity contribution is 5.99. The number of nitrogens with one attached hydrogen (secondary N) is 2. The van der Waals surface area contributed by atoms with E-state index in [2.05, 4.69) is 36.4 Å². The molecule has 2 aromatic heterocycles. The predicted octanol–water partition coefficient (Wildman–Crippen LogP) is 5.67. The van der Waals surface area contributed by atoms with Crippen molar-refractivity contribution < 1.29 is 14.3 Å². The van der Waals surface area contributed by atoms with Gasteiger partial charge in [-0.2, -0.15) is 5.10 Å². The van der Waals surface area contributed by atoms with Crippen molar-refractivity contribution in [3.05, 3.63) is 89.9 Å².